The Morgan fingerprint density at radius 3 is 2.09 bits per heavy atom. The maximum atomic E-state index is 14.1. The Hall–Kier alpha value is -2.76. The fraction of sp³-hybridized carbons (Fsp3) is 0.524. The topological polar surface area (TPSA) is 115 Å². The molecule has 1 aromatic rings. The minimum absolute atomic E-state index is 0.132. The number of rotatable bonds is 8. The third-order valence-electron chi connectivity index (χ3n) is 5.28. The van der Waals surface area contributed by atoms with E-state index in [1.165, 1.54) is 4.90 Å². The van der Waals surface area contributed by atoms with Crippen LogP contribution in [0.3, 0.4) is 0 Å². The Balaban J connectivity index is 2.69. The zero-order valence-corrected chi connectivity index (χ0v) is 19.1. The van der Waals surface area contributed by atoms with Gasteiger partial charge in [-0.25, -0.2) is 8.42 Å². The molecule has 1 aliphatic rings. The molecule has 0 aliphatic heterocycles. The SMILES string of the molecule is CCN(CC)C(=O)COc1c(S(C)(=O)=O)ccc(C(=O)C2C(=O)CCCC2=O)c1C(F)(F)F. The van der Waals surface area contributed by atoms with Gasteiger partial charge >= 0.3 is 6.18 Å². The van der Waals surface area contributed by atoms with Crippen LogP contribution in [0, 0.1) is 5.92 Å². The summed E-state index contributed by atoms with van der Waals surface area (Å²) in [5, 5.41) is 0. The highest BCUT2D eigenvalue weighted by Crippen LogP contribution is 2.43. The van der Waals surface area contributed by atoms with Crippen molar-refractivity contribution in [2.24, 2.45) is 5.92 Å². The van der Waals surface area contributed by atoms with Crippen molar-refractivity contribution in [2.45, 2.75) is 44.2 Å². The normalized spacial score (nSPS) is 15.5. The summed E-state index contributed by atoms with van der Waals surface area (Å²) in [4.78, 5) is 49.9. The second-order valence-electron chi connectivity index (χ2n) is 7.52. The van der Waals surface area contributed by atoms with Gasteiger partial charge in [-0.05, 0) is 32.4 Å². The fourth-order valence-electron chi connectivity index (χ4n) is 3.64. The molecule has 1 saturated carbocycles. The molecule has 0 atom stereocenters. The minimum atomic E-state index is -5.29. The van der Waals surface area contributed by atoms with Crippen molar-refractivity contribution in [3.05, 3.63) is 23.3 Å². The summed E-state index contributed by atoms with van der Waals surface area (Å²) in [6.45, 7) is 2.86. The summed E-state index contributed by atoms with van der Waals surface area (Å²) >= 11 is 0. The van der Waals surface area contributed by atoms with Gasteiger partial charge in [0.1, 0.15) is 16.4 Å². The van der Waals surface area contributed by atoms with E-state index >= 15 is 0 Å². The molecule has 1 aromatic carbocycles. The first-order valence-electron chi connectivity index (χ1n) is 10.2. The van der Waals surface area contributed by atoms with Gasteiger partial charge < -0.3 is 9.64 Å². The van der Waals surface area contributed by atoms with Crippen LogP contribution in [-0.4, -0.2) is 62.5 Å². The average molecular weight is 491 g/mol. The van der Waals surface area contributed by atoms with Crippen molar-refractivity contribution >= 4 is 33.1 Å². The van der Waals surface area contributed by atoms with E-state index in [2.05, 4.69) is 0 Å². The summed E-state index contributed by atoms with van der Waals surface area (Å²) in [5.41, 5.74) is -2.80. The summed E-state index contributed by atoms with van der Waals surface area (Å²) in [6.07, 6.45) is -4.71. The molecule has 0 bridgehead atoms. The van der Waals surface area contributed by atoms with Gasteiger partial charge in [-0.3, -0.25) is 19.2 Å². The molecule has 0 spiro atoms. The van der Waals surface area contributed by atoms with E-state index < -0.39 is 73.6 Å². The third kappa shape index (κ3) is 5.79. The second-order valence-corrected chi connectivity index (χ2v) is 9.51. The molecule has 0 saturated heterocycles. The molecule has 0 heterocycles. The number of amides is 1. The number of benzene rings is 1. The molecule has 0 N–H and O–H groups in total. The molecule has 1 aliphatic carbocycles. The van der Waals surface area contributed by atoms with Crippen LogP contribution in [0.1, 0.15) is 49.0 Å². The first-order chi connectivity index (χ1) is 15.2. The third-order valence-corrected chi connectivity index (χ3v) is 6.40. The Kier molecular flexibility index (Phi) is 8.04. The van der Waals surface area contributed by atoms with Crippen LogP contribution in [0.15, 0.2) is 17.0 Å². The van der Waals surface area contributed by atoms with Gasteiger partial charge in [0.15, 0.2) is 39.5 Å². The van der Waals surface area contributed by atoms with Gasteiger partial charge in [0.25, 0.3) is 5.91 Å². The van der Waals surface area contributed by atoms with Crippen LogP contribution < -0.4 is 4.74 Å². The molecule has 0 radical (unpaired) electrons. The largest absolute Gasteiger partial charge is 0.482 e. The van der Waals surface area contributed by atoms with E-state index in [-0.39, 0.29) is 32.4 Å². The highest BCUT2D eigenvalue weighted by atomic mass is 32.2. The smallest absolute Gasteiger partial charge is 0.420 e. The lowest BCUT2D eigenvalue weighted by Gasteiger charge is -2.24. The molecule has 12 heteroatoms. The van der Waals surface area contributed by atoms with Gasteiger partial charge in [0, 0.05) is 37.8 Å². The summed E-state index contributed by atoms with van der Waals surface area (Å²) in [7, 11) is -4.28. The summed E-state index contributed by atoms with van der Waals surface area (Å²) in [5.74, 6) is -6.77. The molecule has 8 nitrogen and oxygen atoms in total. The summed E-state index contributed by atoms with van der Waals surface area (Å²) in [6, 6.07) is 1.36. The molecule has 0 aromatic heterocycles. The van der Waals surface area contributed by atoms with Crippen LogP contribution in [-0.2, 0) is 30.4 Å². The molecular formula is C21H24F3NO7S. The number of sulfone groups is 1. The zero-order valence-electron chi connectivity index (χ0n) is 18.3. The van der Waals surface area contributed by atoms with E-state index in [4.69, 9.17) is 4.74 Å². The van der Waals surface area contributed by atoms with Crippen molar-refractivity contribution in [3.8, 4) is 5.75 Å². The van der Waals surface area contributed by atoms with Crippen LogP contribution >= 0.6 is 0 Å². The van der Waals surface area contributed by atoms with E-state index in [0.717, 1.165) is 6.07 Å². The molecule has 1 amide bonds. The van der Waals surface area contributed by atoms with E-state index in [9.17, 15) is 40.8 Å². The number of halogens is 3. The number of likely N-dealkylation sites (N-methyl/N-ethyl adjacent to an activating group) is 1. The predicted molar refractivity (Wildman–Crippen MR) is 110 cm³/mol. The monoisotopic (exact) mass is 491 g/mol. The number of carbonyl (C=O) groups excluding carboxylic acids is 4. The highest BCUT2D eigenvalue weighted by Gasteiger charge is 2.45. The fourth-order valence-corrected chi connectivity index (χ4v) is 4.45. The minimum Gasteiger partial charge on any atom is -0.482 e. The van der Waals surface area contributed by atoms with Crippen molar-refractivity contribution in [1.82, 2.24) is 4.90 Å². The maximum absolute atomic E-state index is 14.1. The molecule has 2 rings (SSSR count). The lowest BCUT2D eigenvalue weighted by Crippen LogP contribution is -2.37. The Bertz CT molecular complexity index is 1060. The van der Waals surface area contributed by atoms with Crippen molar-refractivity contribution in [1.29, 1.82) is 0 Å². The van der Waals surface area contributed by atoms with Gasteiger partial charge in [-0.2, -0.15) is 13.2 Å². The molecule has 1 fully saturated rings. The first-order valence-corrected chi connectivity index (χ1v) is 12.1. The van der Waals surface area contributed by atoms with Crippen LogP contribution in [0.5, 0.6) is 5.75 Å². The molecule has 0 unspecified atom stereocenters. The van der Waals surface area contributed by atoms with Crippen LogP contribution in [0.4, 0.5) is 13.2 Å². The van der Waals surface area contributed by atoms with E-state index in [0.29, 0.717) is 12.3 Å². The van der Waals surface area contributed by atoms with E-state index in [1.54, 1.807) is 13.8 Å². The number of alkyl halides is 3. The van der Waals surface area contributed by atoms with Crippen molar-refractivity contribution in [2.75, 3.05) is 26.0 Å². The highest BCUT2D eigenvalue weighted by molar-refractivity contribution is 7.90. The van der Waals surface area contributed by atoms with Crippen LogP contribution in [0.2, 0.25) is 0 Å². The molecule has 182 valence electrons. The second kappa shape index (κ2) is 10.0. The Morgan fingerprint density at radius 2 is 1.64 bits per heavy atom. The Morgan fingerprint density at radius 1 is 1.09 bits per heavy atom. The zero-order chi connectivity index (χ0) is 25.1. The average Bonchev–Trinajstić information content (AvgIpc) is 2.70. The van der Waals surface area contributed by atoms with Crippen LogP contribution in [0.25, 0.3) is 0 Å². The summed E-state index contributed by atoms with van der Waals surface area (Å²) < 4.78 is 71.8. The Labute approximate surface area is 189 Å². The number of nitrogens with zero attached hydrogens (tertiary/aromatic N) is 1. The number of hydrogen-bond acceptors (Lipinski definition) is 7. The quantitative estimate of drug-likeness (QED) is 0.405. The number of Topliss-reactive ketones (excluding diaryl/α,β-unsaturated/α-hetero) is 3. The van der Waals surface area contributed by atoms with Crippen molar-refractivity contribution < 1.29 is 45.5 Å². The molecule has 33 heavy (non-hydrogen) atoms. The predicted octanol–water partition coefficient (Wildman–Crippen LogP) is 2.48. The maximum Gasteiger partial charge on any atom is 0.420 e. The van der Waals surface area contributed by atoms with Crippen molar-refractivity contribution in [3.63, 3.8) is 0 Å². The lowest BCUT2D eigenvalue weighted by molar-refractivity contribution is -0.141. The van der Waals surface area contributed by atoms with Gasteiger partial charge in [-0.15, -0.1) is 0 Å². The lowest BCUT2D eigenvalue weighted by atomic mass is 9.80. The number of hydrogen-bond donors (Lipinski definition) is 0. The van der Waals surface area contributed by atoms with Gasteiger partial charge in [-0.1, -0.05) is 0 Å². The number of ether oxygens (including phenoxy) is 1. The van der Waals surface area contributed by atoms with Gasteiger partial charge in [0.05, 0.1) is 0 Å². The first kappa shape index (κ1) is 26.5. The standard InChI is InChI=1S/C21H24F3NO7S/c1-4-25(5-2)16(28)11-32-20-15(33(3,30)31)10-9-12(18(20)21(22,23)24)19(29)17-13(26)7-6-8-14(17)27/h9-10,17H,4-8,11H2,1-3H3. The van der Waals surface area contributed by atoms with E-state index in [1.807, 2.05) is 0 Å². The molecular weight excluding hydrogens is 467 g/mol. The number of carbonyl (C=O) groups is 4. The number of ketones is 3. The van der Waals surface area contributed by atoms with Gasteiger partial charge in [0.2, 0.25) is 0 Å².